The van der Waals surface area contributed by atoms with Gasteiger partial charge >= 0.3 is 18.1 Å². The zero-order valence-electron chi connectivity index (χ0n) is 25.1. The molecule has 48 heavy (non-hydrogen) atoms. The third-order valence-electron chi connectivity index (χ3n) is 6.83. The van der Waals surface area contributed by atoms with Gasteiger partial charge in [-0.25, -0.2) is 4.79 Å². The Bertz CT molecular complexity index is 1720. The molecule has 0 saturated heterocycles. The Labute approximate surface area is 280 Å². The van der Waals surface area contributed by atoms with E-state index in [1.807, 2.05) is 6.07 Å². The molecule has 0 bridgehead atoms. The van der Waals surface area contributed by atoms with Crippen molar-refractivity contribution in [3.63, 3.8) is 0 Å². The summed E-state index contributed by atoms with van der Waals surface area (Å²) in [5.74, 6) is -4.05. The number of ether oxygens (including phenoxy) is 1. The maximum absolute atomic E-state index is 13.8. The molecule has 2 aromatic carbocycles. The zero-order chi connectivity index (χ0) is 35.8. The predicted molar refractivity (Wildman–Crippen MR) is 168 cm³/mol. The number of alkyl halides is 3. The van der Waals surface area contributed by atoms with Gasteiger partial charge in [0.1, 0.15) is 11.9 Å². The normalized spacial score (nSPS) is 12.9. The molecule has 0 saturated carbocycles. The van der Waals surface area contributed by atoms with E-state index in [1.54, 1.807) is 11.8 Å². The fourth-order valence-corrected chi connectivity index (χ4v) is 5.93. The highest BCUT2D eigenvalue weighted by molar-refractivity contribution is 7.12. The van der Waals surface area contributed by atoms with Gasteiger partial charge in [-0.1, -0.05) is 29.8 Å². The van der Waals surface area contributed by atoms with Crippen LogP contribution in [0.25, 0.3) is 0 Å². The number of hydrogen-bond acceptors (Lipinski definition) is 9. The van der Waals surface area contributed by atoms with E-state index in [4.69, 9.17) is 37.4 Å². The van der Waals surface area contributed by atoms with Crippen molar-refractivity contribution in [2.24, 2.45) is 5.73 Å². The molecule has 3 aromatic rings. The van der Waals surface area contributed by atoms with E-state index >= 15 is 0 Å². The van der Waals surface area contributed by atoms with Gasteiger partial charge in [0.2, 0.25) is 5.91 Å². The maximum atomic E-state index is 13.8. The van der Waals surface area contributed by atoms with E-state index < -0.39 is 29.0 Å². The molecule has 1 aromatic heterocycles. The summed E-state index contributed by atoms with van der Waals surface area (Å²) in [6.07, 6.45) is -4.31. The maximum Gasteiger partial charge on any atom is 0.490 e. The number of carboxylic acids is 1. The molecule has 0 unspecified atom stereocenters. The summed E-state index contributed by atoms with van der Waals surface area (Å²) in [5, 5.41) is 28.7. The molecular formula is C30H29ClF3N5O8S. The number of nitro benzene ring substituents is 1. The van der Waals surface area contributed by atoms with Gasteiger partial charge in [0.05, 0.1) is 23.0 Å². The molecule has 4 rings (SSSR count). The highest BCUT2D eigenvalue weighted by Crippen LogP contribution is 2.30. The van der Waals surface area contributed by atoms with Gasteiger partial charge in [-0.2, -0.15) is 13.2 Å². The number of hydrogen-bond donors (Lipinski definition) is 4. The van der Waals surface area contributed by atoms with E-state index in [9.17, 15) is 37.7 Å². The number of halogens is 4. The number of carbonyl (C=O) groups is 4. The number of nitrogens with two attached hydrogens (primary N) is 1. The number of nitrogens with zero attached hydrogens (tertiary/aromatic N) is 2. The molecule has 0 fully saturated rings. The smallest absolute Gasteiger partial charge is 0.475 e. The number of nitro groups is 1. The largest absolute Gasteiger partial charge is 0.490 e. The lowest BCUT2D eigenvalue weighted by Crippen LogP contribution is -2.50. The predicted octanol–water partition coefficient (Wildman–Crippen LogP) is 4.26. The first-order valence-electron chi connectivity index (χ1n) is 14.0. The van der Waals surface area contributed by atoms with Crippen molar-refractivity contribution < 1.29 is 47.1 Å². The number of thiophene rings is 1. The van der Waals surface area contributed by atoms with Crippen LogP contribution < -0.4 is 11.1 Å². The van der Waals surface area contributed by atoms with Crippen molar-refractivity contribution in [3.05, 3.63) is 95.7 Å². The number of amidine groups is 1. The van der Waals surface area contributed by atoms with Crippen molar-refractivity contribution in [2.45, 2.75) is 44.9 Å². The Morgan fingerprint density at radius 2 is 1.79 bits per heavy atom. The minimum absolute atomic E-state index is 0.00797. The number of carbonyl (C=O) groups excluding carboxylic acids is 3. The molecule has 2 amide bonds. The standard InChI is InChI=1S/C28H28ClN5O6S.C2HF3O2/c1-2-40-25(35)14-21-11-19-15-33(10-9-24(19)41-21)28(37)23(12-18-7-8-20(34(38)39)13-22(18)29)32-27(36)17-5-3-16(4-6-17)26(30)31;3-2(4,5)1(6)7/h3-8,11,13,23H,2,9-10,12,14-15H2,1H3,(H3,30,31)(H,32,36);(H,6,7)/t23-;/m0./s1. The summed E-state index contributed by atoms with van der Waals surface area (Å²) in [6.45, 7) is 2.78. The van der Waals surface area contributed by atoms with Crippen molar-refractivity contribution in [1.29, 1.82) is 5.41 Å². The average Bonchev–Trinajstić information content (AvgIpc) is 3.42. The topological polar surface area (TPSA) is 206 Å². The highest BCUT2D eigenvalue weighted by atomic mass is 35.5. The molecule has 2 heterocycles. The first kappa shape index (κ1) is 37.4. The SMILES string of the molecule is CCOC(=O)Cc1cc2c(s1)CCN(C(=O)[C@H](Cc1ccc([N+](=O)[O-])cc1Cl)NC(=O)c1ccc(C(=N)N)cc1)C2.O=C(O)C(F)(F)F. The van der Waals surface area contributed by atoms with Crippen LogP contribution in [0.1, 0.15) is 43.7 Å². The summed E-state index contributed by atoms with van der Waals surface area (Å²) in [4.78, 5) is 62.0. The van der Waals surface area contributed by atoms with E-state index in [0.717, 1.165) is 15.3 Å². The molecule has 13 nitrogen and oxygen atoms in total. The van der Waals surface area contributed by atoms with Crippen molar-refractivity contribution >= 4 is 58.2 Å². The summed E-state index contributed by atoms with van der Waals surface area (Å²) >= 11 is 7.86. The molecule has 1 aliphatic heterocycles. The second-order valence-electron chi connectivity index (χ2n) is 10.2. The van der Waals surface area contributed by atoms with Gasteiger partial charge in [-0.15, -0.1) is 11.3 Å². The van der Waals surface area contributed by atoms with Gasteiger partial charge in [0.15, 0.2) is 0 Å². The summed E-state index contributed by atoms with van der Waals surface area (Å²) in [5.41, 5.74) is 7.44. The van der Waals surface area contributed by atoms with E-state index in [1.165, 1.54) is 53.8 Å². The van der Waals surface area contributed by atoms with Gasteiger partial charge in [-0.3, -0.25) is 29.9 Å². The quantitative estimate of drug-likeness (QED) is 0.0778. The summed E-state index contributed by atoms with van der Waals surface area (Å²) in [6, 6.07) is 11.0. The number of benzene rings is 2. The minimum atomic E-state index is -5.08. The van der Waals surface area contributed by atoms with Crippen LogP contribution in [0.15, 0.2) is 48.5 Å². The van der Waals surface area contributed by atoms with Crippen LogP contribution in [0.4, 0.5) is 18.9 Å². The second kappa shape index (κ2) is 16.2. The Hall–Kier alpha value is -5.03. The number of nitrogens with one attached hydrogen (secondary N) is 2. The first-order chi connectivity index (χ1) is 22.5. The van der Waals surface area contributed by atoms with Gasteiger partial charge in [0.25, 0.3) is 11.6 Å². The molecule has 18 heteroatoms. The van der Waals surface area contributed by atoms with Crippen LogP contribution >= 0.6 is 22.9 Å². The van der Waals surface area contributed by atoms with Crippen LogP contribution in [0.2, 0.25) is 5.02 Å². The molecule has 256 valence electrons. The number of carboxylic acid groups (broad SMARTS) is 1. The summed E-state index contributed by atoms with van der Waals surface area (Å²) in [7, 11) is 0. The highest BCUT2D eigenvalue weighted by Gasteiger charge is 2.38. The number of aliphatic carboxylic acids is 1. The first-order valence-corrected chi connectivity index (χ1v) is 15.2. The fourth-order valence-electron chi connectivity index (χ4n) is 4.52. The number of esters is 1. The number of non-ortho nitro benzene ring substituents is 1. The van der Waals surface area contributed by atoms with Crippen LogP contribution in [0.3, 0.4) is 0 Å². The van der Waals surface area contributed by atoms with E-state index in [0.29, 0.717) is 37.2 Å². The lowest BCUT2D eigenvalue weighted by molar-refractivity contribution is -0.384. The third kappa shape index (κ3) is 10.2. The van der Waals surface area contributed by atoms with Crippen LogP contribution in [0.5, 0.6) is 0 Å². The lowest BCUT2D eigenvalue weighted by Gasteiger charge is -2.31. The summed E-state index contributed by atoms with van der Waals surface area (Å²) < 4.78 is 36.8. The fraction of sp³-hybridized carbons (Fsp3) is 0.300. The second-order valence-corrected chi connectivity index (χ2v) is 11.8. The number of rotatable bonds is 10. The van der Waals surface area contributed by atoms with E-state index in [2.05, 4.69) is 5.32 Å². The molecule has 0 radical (unpaired) electrons. The Morgan fingerprint density at radius 1 is 1.17 bits per heavy atom. The van der Waals surface area contributed by atoms with Gasteiger partial charge < -0.3 is 25.8 Å². The van der Waals surface area contributed by atoms with Crippen LogP contribution in [-0.2, 0) is 44.9 Å². The van der Waals surface area contributed by atoms with E-state index in [-0.39, 0.29) is 46.8 Å². The Morgan fingerprint density at radius 3 is 2.33 bits per heavy atom. The molecule has 0 aliphatic carbocycles. The van der Waals surface area contributed by atoms with Gasteiger partial charge in [0, 0.05) is 52.5 Å². The average molecular weight is 712 g/mol. The lowest BCUT2D eigenvalue weighted by atomic mass is 10.0. The van der Waals surface area contributed by atoms with Gasteiger partial charge in [-0.05, 0) is 42.7 Å². The molecule has 5 N–H and O–H groups in total. The zero-order valence-corrected chi connectivity index (χ0v) is 26.7. The van der Waals surface area contributed by atoms with Crippen molar-refractivity contribution in [1.82, 2.24) is 10.2 Å². The molecule has 1 aliphatic rings. The number of fused-ring (bicyclic) bond motifs is 1. The molecule has 1 atom stereocenters. The van der Waals surface area contributed by atoms with Crippen LogP contribution in [-0.4, -0.2) is 69.9 Å². The molecular weight excluding hydrogens is 683 g/mol. The molecule has 0 spiro atoms. The van der Waals surface area contributed by atoms with Crippen molar-refractivity contribution in [2.75, 3.05) is 13.2 Å². The third-order valence-corrected chi connectivity index (χ3v) is 8.42. The number of amides is 2. The minimum Gasteiger partial charge on any atom is -0.475 e. The van der Waals surface area contributed by atoms with Crippen molar-refractivity contribution in [3.8, 4) is 0 Å². The monoisotopic (exact) mass is 711 g/mol. The number of nitrogen functional groups attached to an aromatic ring is 1. The Balaban J connectivity index is 0.000000804. The van der Waals surface area contributed by atoms with Crippen LogP contribution in [0, 0.1) is 15.5 Å². The Kier molecular flexibility index (Phi) is 12.6.